The van der Waals surface area contributed by atoms with Crippen molar-refractivity contribution < 1.29 is 9.59 Å². The second-order valence-corrected chi connectivity index (χ2v) is 7.34. The summed E-state index contributed by atoms with van der Waals surface area (Å²) in [5.74, 6) is 1.43. The van der Waals surface area contributed by atoms with Crippen LogP contribution in [0.15, 0.2) is 0 Å². The van der Waals surface area contributed by atoms with Crippen LogP contribution in [0.2, 0.25) is 0 Å². The highest BCUT2D eigenvalue weighted by Crippen LogP contribution is 2.34. The Labute approximate surface area is 145 Å². The molecule has 3 fully saturated rings. The third kappa shape index (κ3) is 4.60. The summed E-state index contributed by atoms with van der Waals surface area (Å²) in [6, 6.07) is 0.607. The maximum Gasteiger partial charge on any atom is 0.239 e. The van der Waals surface area contributed by atoms with Crippen molar-refractivity contribution in [1.82, 2.24) is 15.5 Å². The molecule has 1 saturated carbocycles. The van der Waals surface area contributed by atoms with Gasteiger partial charge in [0.1, 0.15) is 0 Å². The van der Waals surface area contributed by atoms with Crippen molar-refractivity contribution in [2.75, 3.05) is 19.6 Å². The zero-order valence-electron chi connectivity index (χ0n) is 14.1. The van der Waals surface area contributed by atoms with Gasteiger partial charge >= 0.3 is 0 Å². The zero-order chi connectivity index (χ0) is 15.5. The predicted octanol–water partition coefficient (Wildman–Crippen LogP) is 1.70. The molecule has 3 rings (SSSR count). The summed E-state index contributed by atoms with van der Waals surface area (Å²) in [7, 11) is 0. The van der Waals surface area contributed by atoms with Crippen molar-refractivity contribution in [3.8, 4) is 0 Å². The molecule has 4 atom stereocenters. The Morgan fingerprint density at radius 1 is 1.17 bits per heavy atom. The van der Waals surface area contributed by atoms with Gasteiger partial charge in [-0.1, -0.05) is 12.8 Å². The van der Waals surface area contributed by atoms with Crippen molar-refractivity contribution in [3.05, 3.63) is 0 Å². The number of piperidine rings is 1. The molecule has 0 aromatic heterocycles. The first-order valence-electron chi connectivity index (χ1n) is 8.92. The maximum absolute atomic E-state index is 12.8. The fourth-order valence-electron chi connectivity index (χ4n) is 4.45. The lowest BCUT2D eigenvalue weighted by Crippen LogP contribution is -2.50. The lowest BCUT2D eigenvalue weighted by Gasteiger charge is -2.34. The SMILES string of the molecule is CC(=O)NCC1CCCN(C(=O)C2CC3CCCCC3N2)C1.Cl. The number of hydrogen-bond donors (Lipinski definition) is 2. The second-order valence-electron chi connectivity index (χ2n) is 7.34. The van der Waals surface area contributed by atoms with E-state index in [1.54, 1.807) is 6.92 Å². The van der Waals surface area contributed by atoms with Gasteiger partial charge in [-0.3, -0.25) is 9.59 Å². The van der Waals surface area contributed by atoms with Crippen LogP contribution in [0.25, 0.3) is 0 Å². The fourth-order valence-corrected chi connectivity index (χ4v) is 4.45. The van der Waals surface area contributed by atoms with Crippen molar-refractivity contribution in [3.63, 3.8) is 0 Å². The third-order valence-electron chi connectivity index (χ3n) is 5.63. The molecule has 132 valence electrons. The van der Waals surface area contributed by atoms with Crippen LogP contribution >= 0.6 is 12.4 Å². The minimum Gasteiger partial charge on any atom is -0.356 e. The van der Waals surface area contributed by atoms with E-state index in [0.29, 0.717) is 30.3 Å². The first-order chi connectivity index (χ1) is 10.6. The fraction of sp³-hybridized carbons (Fsp3) is 0.882. The highest BCUT2D eigenvalue weighted by atomic mass is 35.5. The summed E-state index contributed by atoms with van der Waals surface area (Å²) in [6.07, 6.45) is 8.33. The number of fused-ring (bicyclic) bond motifs is 1. The smallest absolute Gasteiger partial charge is 0.239 e. The first kappa shape index (κ1) is 18.5. The van der Waals surface area contributed by atoms with E-state index in [4.69, 9.17) is 0 Å². The Morgan fingerprint density at radius 3 is 2.70 bits per heavy atom. The number of amides is 2. The maximum atomic E-state index is 12.8. The first-order valence-corrected chi connectivity index (χ1v) is 8.92. The van der Waals surface area contributed by atoms with E-state index in [2.05, 4.69) is 10.6 Å². The van der Waals surface area contributed by atoms with Crippen LogP contribution < -0.4 is 10.6 Å². The number of nitrogens with one attached hydrogen (secondary N) is 2. The van der Waals surface area contributed by atoms with Crippen molar-refractivity contribution >= 4 is 24.2 Å². The molecule has 0 radical (unpaired) electrons. The standard InChI is InChI=1S/C17H29N3O2.ClH/c1-12(21)18-10-13-5-4-8-20(11-13)17(22)16-9-14-6-2-3-7-15(14)19-16;/h13-16,19H,2-11H2,1H3,(H,18,21);1H. The molecule has 6 heteroatoms. The monoisotopic (exact) mass is 343 g/mol. The van der Waals surface area contributed by atoms with Gasteiger partial charge in [-0.05, 0) is 43.9 Å². The molecule has 2 aliphatic heterocycles. The van der Waals surface area contributed by atoms with Crippen LogP contribution in [-0.4, -0.2) is 48.4 Å². The molecule has 0 spiro atoms. The van der Waals surface area contributed by atoms with E-state index < -0.39 is 0 Å². The molecule has 23 heavy (non-hydrogen) atoms. The number of nitrogens with zero attached hydrogens (tertiary/aromatic N) is 1. The Bertz CT molecular complexity index is 418. The van der Waals surface area contributed by atoms with Gasteiger partial charge in [0.25, 0.3) is 0 Å². The molecule has 2 amide bonds. The summed E-state index contributed by atoms with van der Waals surface area (Å²) in [4.78, 5) is 25.9. The van der Waals surface area contributed by atoms with Crippen LogP contribution in [0.4, 0.5) is 0 Å². The molecule has 3 aliphatic rings. The Morgan fingerprint density at radius 2 is 1.96 bits per heavy atom. The summed E-state index contributed by atoms with van der Waals surface area (Å²) >= 11 is 0. The largest absolute Gasteiger partial charge is 0.356 e. The van der Waals surface area contributed by atoms with E-state index in [1.807, 2.05) is 4.90 Å². The molecule has 2 N–H and O–H groups in total. The average Bonchev–Trinajstić information content (AvgIpc) is 2.96. The van der Waals surface area contributed by atoms with Crippen LogP contribution in [0.1, 0.15) is 51.9 Å². The van der Waals surface area contributed by atoms with E-state index in [-0.39, 0.29) is 24.4 Å². The van der Waals surface area contributed by atoms with E-state index in [0.717, 1.165) is 32.4 Å². The molecular formula is C17H30ClN3O2. The Kier molecular flexibility index (Phi) is 6.72. The summed E-state index contributed by atoms with van der Waals surface area (Å²) in [5.41, 5.74) is 0. The number of likely N-dealkylation sites (tertiary alicyclic amines) is 1. The van der Waals surface area contributed by atoms with Crippen LogP contribution in [0.5, 0.6) is 0 Å². The van der Waals surface area contributed by atoms with Crippen LogP contribution in [0.3, 0.4) is 0 Å². The van der Waals surface area contributed by atoms with Gasteiger partial charge < -0.3 is 15.5 Å². The van der Waals surface area contributed by atoms with Crippen molar-refractivity contribution in [2.45, 2.75) is 64.0 Å². The van der Waals surface area contributed by atoms with Gasteiger partial charge in [-0.15, -0.1) is 12.4 Å². The molecule has 0 aromatic carbocycles. The average molecular weight is 344 g/mol. The molecule has 4 unspecified atom stereocenters. The van der Waals surface area contributed by atoms with Gasteiger partial charge in [-0.2, -0.15) is 0 Å². The quantitative estimate of drug-likeness (QED) is 0.820. The topological polar surface area (TPSA) is 61.4 Å². The second kappa shape index (κ2) is 8.34. The van der Waals surface area contributed by atoms with E-state index in [9.17, 15) is 9.59 Å². The minimum absolute atomic E-state index is 0. The van der Waals surface area contributed by atoms with Crippen LogP contribution in [0, 0.1) is 11.8 Å². The number of carbonyl (C=O) groups is 2. The summed E-state index contributed by atoms with van der Waals surface area (Å²) in [5, 5.41) is 6.49. The molecule has 2 saturated heterocycles. The number of rotatable bonds is 3. The molecule has 2 heterocycles. The number of carbonyl (C=O) groups excluding carboxylic acids is 2. The van der Waals surface area contributed by atoms with Crippen molar-refractivity contribution in [2.24, 2.45) is 11.8 Å². The highest BCUT2D eigenvalue weighted by Gasteiger charge is 2.40. The van der Waals surface area contributed by atoms with Gasteiger partial charge in [0, 0.05) is 32.6 Å². The van der Waals surface area contributed by atoms with Gasteiger partial charge in [-0.25, -0.2) is 0 Å². The number of halogens is 1. The zero-order valence-corrected chi connectivity index (χ0v) is 14.9. The predicted molar refractivity (Wildman–Crippen MR) is 92.5 cm³/mol. The molecule has 1 aliphatic carbocycles. The molecular weight excluding hydrogens is 314 g/mol. The summed E-state index contributed by atoms with van der Waals surface area (Å²) in [6.45, 7) is 3.92. The van der Waals surface area contributed by atoms with E-state index in [1.165, 1.54) is 25.7 Å². The highest BCUT2D eigenvalue weighted by molar-refractivity contribution is 5.85. The Balaban J connectivity index is 0.00000192. The third-order valence-corrected chi connectivity index (χ3v) is 5.63. The van der Waals surface area contributed by atoms with Gasteiger partial charge in [0.05, 0.1) is 6.04 Å². The number of hydrogen-bond acceptors (Lipinski definition) is 3. The lowest BCUT2D eigenvalue weighted by molar-refractivity contribution is -0.135. The molecule has 0 bridgehead atoms. The van der Waals surface area contributed by atoms with Crippen LogP contribution in [-0.2, 0) is 9.59 Å². The van der Waals surface area contributed by atoms with Gasteiger partial charge in [0.15, 0.2) is 0 Å². The van der Waals surface area contributed by atoms with Crippen molar-refractivity contribution in [1.29, 1.82) is 0 Å². The minimum atomic E-state index is 0. The van der Waals surface area contributed by atoms with E-state index >= 15 is 0 Å². The summed E-state index contributed by atoms with van der Waals surface area (Å²) < 4.78 is 0. The Hall–Kier alpha value is -0.810. The molecule has 0 aromatic rings. The molecule has 5 nitrogen and oxygen atoms in total. The van der Waals surface area contributed by atoms with Gasteiger partial charge in [0.2, 0.25) is 11.8 Å². The lowest BCUT2D eigenvalue weighted by atomic mass is 9.85. The normalized spacial score (nSPS) is 33.5.